The van der Waals surface area contributed by atoms with Crippen LogP contribution in [0.25, 0.3) is 0 Å². The van der Waals surface area contributed by atoms with Crippen molar-refractivity contribution in [3.05, 3.63) is 41.1 Å². The molecule has 3 rings (SSSR count). The maximum Gasteiger partial charge on any atom is 0.573 e. The molecular formula is C18H20F3N3O3S. The standard InChI is InChI=1S/C18H20F3N3O3S/c1-11-14(16(25)24-7-9-26-10-8-24)15(22-17(28)23(11)2)12-3-5-13(6-4-12)27-18(19,20)21/h3-6,15H,7-10H2,1-2H3,(H,22,28)/t15-/m1/s1. The van der Waals surface area contributed by atoms with Gasteiger partial charge in [-0.1, -0.05) is 12.1 Å². The Morgan fingerprint density at radius 1 is 1.25 bits per heavy atom. The lowest BCUT2D eigenvalue weighted by Gasteiger charge is -2.38. The molecule has 0 aromatic heterocycles. The van der Waals surface area contributed by atoms with E-state index in [-0.39, 0.29) is 11.7 Å². The lowest BCUT2D eigenvalue weighted by molar-refractivity contribution is -0.274. The highest BCUT2D eigenvalue weighted by molar-refractivity contribution is 7.80. The predicted molar refractivity (Wildman–Crippen MR) is 99.5 cm³/mol. The van der Waals surface area contributed by atoms with E-state index in [1.165, 1.54) is 24.3 Å². The topological polar surface area (TPSA) is 54.0 Å². The van der Waals surface area contributed by atoms with Gasteiger partial charge in [0.25, 0.3) is 5.91 Å². The number of hydrogen-bond acceptors (Lipinski definition) is 4. The molecule has 2 heterocycles. The molecular weight excluding hydrogens is 395 g/mol. The second kappa shape index (κ2) is 7.96. The summed E-state index contributed by atoms with van der Waals surface area (Å²) in [5, 5.41) is 3.54. The molecule has 6 nitrogen and oxygen atoms in total. The molecule has 1 aromatic rings. The van der Waals surface area contributed by atoms with Gasteiger partial charge in [-0.15, -0.1) is 13.2 Å². The molecule has 1 saturated heterocycles. The number of carbonyl (C=O) groups excluding carboxylic acids is 1. The zero-order chi connectivity index (χ0) is 20.5. The van der Waals surface area contributed by atoms with Crippen molar-refractivity contribution in [1.82, 2.24) is 15.1 Å². The molecule has 0 aliphatic carbocycles. The van der Waals surface area contributed by atoms with Crippen molar-refractivity contribution in [2.24, 2.45) is 0 Å². The van der Waals surface area contributed by atoms with E-state index in [1.54, 1.807) is 23.8 Å². The molecule has 2 aliphatic heterocycles. The second-order valence-electron chi connectivity index (χ2n) is 6.46. The minimum Gasteiger partial charge on any atom is -0.406 e. The first-order valence-electron chi connectivity index (χ1n) is 8.65. The summed E-state index contributed by atoms with van der Waals surface area (Å²) in [6.07, 6.45) is -4.76. The summed E-state index contributed by atoms with van der Waals surface area (Å²) < 4.78 is 46.4. The van der Waals surface area contributed by atoms with Crippen molar-refractivity contribution < 1.29 is 27.4 Å². The van der Waals surface area contributed by atoms with Crippen molar-refractivity contribution in [2.75, 3.05) is 33.4 Å². The van der Waals surface area contributed by atoms with E-state index in [1.807, 2.05) is 0 Å². The SMILES string of the molecule is CC1=C(C(=O)N2CCOCC2)[C@@H](c2ccc(OC(F)(F)F)cc2)NC(=S)N1C. The highest BCUT2D eigenvalue weighted by Gasteiger charge is 2.35. The van der Waals surface area contributed by atoms with Crippen LogP contribution >= 0.6 is 12.2 Å². The van der Waals surface area contributed by atoms with Crippen LogP contribution < -0.4 is 10.1 Å². The van der Waals surface area contributed by atoms with E-state index in [2.05, 4.69) is 10.1 Å². The van der Waals surface area contributed by atoms with Crippen molar-refractivity contribution in [3.8, 4) is 5.75 Å². The Morgan fingerprint density at radius 3 is 2.43 bits per heavy atom. The number of hydrogen-bond donors (Lipinski definition) is 1. The van der Waals surface area contributed by atoms with Crippen LogP contribution in [0.5, 0.6) is 5.75 Å². The molecule has 2 aliphatic rings. The minimum atomic E-state index is -4.76. The molecule has 28 heavy (non-hydrogen) atoms. The molecule has 1 atom stereocenters. The van der Waals surface area contributed by atoms with Crippen molar-refractivity contribution >= 4 is 23.2 Å². The number of nitrogens with one attached hydrogen (secondary N) is 1. The van der Waals surface area contributed by atoms with E-state index in [0.717, 1.165) is 0 Å². The fraction of sp³-hybridized carbons (Fsp3) is 0.444. The Balaban J connectivity index is 1.92. The van der Waals surface area contributed by atoms with E-state index in [4.69, 9.17) is 17.0 Å². The van der Waals surface area contributed by atoms with Crippen LogP contribution in [-0.2, 0) is 9.53 Å². The first-order chi connectivity index (χ1) is 13.2. The largest absolute Gasteiger partial charge is 0.573 e. The number of morpholine rings is 1. The maximum atomic E-state index is 13.2. The first-order valence-corrected chi connectivity index (χ1v) is 9.06. The van der Waals surface area contributed by atoms with Crippen LogP contribution in [0.3, 0.4) is 0 Å². The Kier molecular flexibility index (Phi) is 5.80. The Hall–Kier alpha value is -2.33. The Morgan fingerprint density at radius 2 is 1.86 bits per heavy atom. The van der Waals surface area contributed by atoms with Crippen LogP contribution in [0.4, 0.5) is 13.2 Å². The van der Waals surface area contributed by atoms with Gasteiger partial charge in [0.1, 0.15) is 5.75 Å². The van der Waals surface area contributed by atoms with Gasteiger partial charge in [-0.2, -0.15) is 0 Å². The number of halogens is 3. The van der Waals surface area contributed by atoms with Crippen LogP contribution in [0.15, 0.2) is 35.5 Å². The predicted octanol–water partition coefficient (Wildman–Crippen LogP) is 2.58. The van der Waals surface area contributed by atoms with Gasteiger partial charge in [-0.25, -0.2) is 0 Å². The number of amides is 1. The summed E-state index contributed by atoms with van der Waals surface area (Å²) in [5.74, 6) is -0.475. The normalized spacial score (nSPS) is 20.9. The quantitative estimate of drug-likeness (QED) is 0.766. The maximum absolute atomic E-state index is 13.2. The third-order valence-corrected chi connectivity index (χ3v) is 5.12. The molecule has 152 valence electrons. The number of ether oxygens (including phenoxy) is 2. The summed E-state index contributed by atoms with van der Waals surface area (Å²) in [6, 6.07) is 4.86. The molecule has 0 radical (unpaired) electrons. The third-order valence-electron chi connectivity index (χ3n) is 4.73. The van der Waals surface area contributed by atoms with Crippen LogP contribution in [0.1, 0.15) is 18.5 Å². The summed E-state index contributed by atoms with van der Waals surface area (Å²) >= 11 is 5.34. The molecule has 0 unspecified atom stereocenters. The number of carbonyl (C=O) groups is 1. The third kappa shape index (κ3) is 4.39. The van der Waals surface area contributed by atoms with Gasteiger partial charge in [0.15, 0.2) is 5.11 Å². The highest BCUT2D eigenvalue weighted by Crippen LogP contribution is 2.33. The molecule has 1 amide bonds. The van der Waals surface area contributed by atoms with Gasteiger partial charge >= 0.3 is 6.36 Å². The number of alkyl halides is 3. The molecule has 1 aromatic carbocycles. The number of benzene rings is 1. The van der Waals surface area contributed by atoms with E-state index >= 15 is 0 Å². The van der Waals surface area contributed by atoms with Gasteiger partial charge in [-0.3, -0.25) is 4.79 Å². The van der Waals surface area contributed by atoms with Crippen LogP contribution in [-0.4, -0.2) is 60.5 Å². The van der Waals surface area contributed by atoms with Gasteiger partial charge in [-0.05, 0) is 36.8 Å². The lowest BCUT2D eigenvalue weighted by Crippen LogP contribution is -2.50. The van der Waals surface area contributed by atoms with Crippen LogP contribution in [0, 0.1) is 0 Å². The zero-order valence-corrected chi connectivity index (χ0v) is 16.2. The monoisotopic (exact) mass is 415 g/mol. The number of allylic oxidation sites excluding steroid dienone is 1. The molecule has 0 bridgehead atoms. The smallest absolute Gasteiger partial charge is 0.406 e. The van der Waals surface area contributed by atoms with E-state index < -0.39 is 12.4 Å². The average Bonchev–Trinajstić information content (AvgIpc) is 2.65. The molecule has 1 N–H and O–H groups in total. The fourth-order valence-electron chi connectivity index (χ4n) is 3.16. The van der Waals surface area contributed by atoms with Crippen molar-refractivity contribution in [1.29, 1.82) is 0 Å². The average molecular weight is 415 g/mol. The van der Waals surface area contributed by atoms with Gasteiger partial charge in [0.2, 0.25) is 0 Å². The fourth-order valence-corrected chi connectivity index (χ4v) is 3.42. The Bertz CT molecular complexity index is 790. The molecule has 1 fully saturated rings. The summed E-state index contributed by atoms with van der Waals surface area (Å²) in [4.78, 5) is 16.6. The molecule has 0 saturated carbocycles. The van der Waals surface area contributed by atoms with Crippen molar-refractivity contribution in [2.45, 2.75) is 19.3 Å². The summed E-state index contributed by atoms with van der Waals surface area (Å²) in [5.41, 5.74) is 1.81. The van der Waals surface area contributed by atoms with E-state index in [9.17, 15) is 18.0 Å². The lowest BCUT2D eigenvalue weighted by atomic mass is 9.94. The molecule has 10 heteroatoms. The summed E-state index contributed by atoms with van der Waals surface area (Å²) in [6.45, 7) is 3.69. The van der Waals surface area contributed by atoms with Gasteiger partial charge in [0, 0.05) is 25.8 Å². The minimum absolute atomic E-state index is 0.150. The number of thiocarbonyl (C=S) groups is 1. The van der Waals surface area contributed by atoms with Crippen molar-refractivity contribution in [3.63, 3.8) is 0 Å². The zero-order valence-electron chi connectivity index (χ0n) is 15.4. The van der Waals surface area contributed by atoms with Gasteiger partial charge < -0.3 is 24.6 Å². The number of rotatable bonds is 3. The molecule has 0 spiro atoms. The highest BCUT2D eigenvalue weighted by atomic mass is 32.1. The number of nitrogens with zero attached hydrogens (tertiary/aromatic N) is 2. The second-order valence-corrected chi connectivity index (χ2v) is 6.85. The summed E-state index contributed by atoms with van der Waals surface area (Å²) in [7, 11) is 1.76. The first kappa shape index (κ1) is 20.4. The van der Waals surface area contributed by atoms with E-state index in [0.29, 0.717) is 48.2 Å². The van der Waals surface area contributed by atoms with Crippen LogP contribution in [0.2, 0.25) is 0 Å². The Labute approximate surface area is 165 Å². The van der Waals surface area contributed by atoms with Gasteiger partial charge in [0.05, 0.1) is 24.8 Å².